The number of nitrogens with one attached hydrogen (secondary N) is 2. The number of hydrogen-bond acceptors (Lipinski definition) is 5. The number of nitrogen functional groups attached to an aromatic ring is 1. The number of anilines is 1. The van der Waals surface area contributed by atoms with Crippen molar-refractivity contribution in [1.29, 1.82) is 5.41 Å². The number of carboxylic acid groups (broad SMARTS) is 1. The van der Waals surface area contributed by atoms with Crippen molar-refractivity contribution < 1.29 is 19.4 Å². The van der Waals surface area contributed by atoms with Gasteiger partial charge in [-0.25, -0.2) is 4.79 Å². The number of carboxylic acids is 1. The summed E-state index contributed by atoms with van der Waals surface area (Å²) in [6, 6.07) is 15.9. The first-order chi connectivity index (χ1) is 12.5. The van der Waals surface area contributed by atoms with Crippen LogP contribution in [0, 0.1) is 5.41 Å². The first-order valence-electron chi connectivity index (χ1n) is 7.96. The van der Waals surface area contributed by atoms with Gasteiger partial charge in [-0.15, -0.1) is 0 Å². The standard InChI is InChI=1S/C19H19N3O4/c20-17(21)14-6-8-15(9-7-14)22-19(18(23)24,16-11-25-12-26-16)10-13-4-2-1-3-5-13/h1-9,11,22H,10,12H2,(H3,20,21)(H,23,24). The smallest absolute Gasteiger partial charge is 0.337 e. The van der Waals surface area contributed by atoms with Crippen LogP contribution in [0.2, 0.25) is 0 Å². The van der Waals surface area contributed by atoms with Crippen molar-refractivity contribution in [1.82, 2.24) is 0 Å². The van der Waals surface area contributed by atoms with Crippen LogP contribution in [0.25, 0.3) is 0 Å². The lowest BCUT2D eigenvalue weighted by Crippen LogP contribution is -2.50. The van der Waals surface area contributed by atoms with E-state index in [0.29, 0.717) is 11.3 Å². The van der Waals surface area contributed by atoms with E-state index in [2.05, 4.69) is 5.32 Å². The molecule has 1 heterocycles. The van der Waals surface area contributed by atoms with Crippen molar-refractivity contribution in [3.8, 4) is 0 Å². The number of aliphatic carboxylic acids is 1. The van der Waals surface area contributed by atoms with Crippen molar-refractivity contribution in [2.24, 2.45) is 5.73 Å². The molecule has 7 nitrogen and oxygen atoms in total. The van der Waals surface area contributed by atoms with Gasteiger partial charge in [0, 0.05) is 17.7 Å². The van der Waals surface area contributed by atoms with Crippen LogP contribution in [0.15, 0.2) is 66.6 Å². The Morgan fingerprint density at radius 1 is 1.19 bits per heavy atom. The van der Waals surface area contributed by atoms with Gasteiger partial charge in [0.25, 0.3) is 0 Å². The summed E-state index contributed by atoms with van der Waals surface area (Å²) in [5, 5.41) is 20.6. The zero-order valence-corrected chi connectivity index (χ0v) is 13.9. The number of hydrogen-bond donors (Lipinski definition) is 4. The molecule has 0 aromatic heterocycles. The molecule has 0 bridgehead atoms. The predicted octanol–water partition coefficient (Wildman–Crippen LogP) is 2.29. The fourth-order valence-electron chi connectivity index (χ4n) is 2.77. The van der Waals surface area contributed by atoms with E-state index < -0.39 is 11.5 Å². The molecule has 1 aliphatic heterocycles. The Morgan fingerprint density at radius 3 is 2.42 bits per heavy atom. The molecule has 5 N–H and O–H groups in total. The van der Waals surface area contributed by atoms with E-state index in [9.17, 15) is 9.90 Å². The number of ether oxygens (including phenoxy) is 2. The number of amidine groups is 1. The van der Waals surface area contributed by atoms with E-state index in [1.54, 1.807) is 24.3 Å². The lowest BCUT2D eigenvalue weighted by Gasteiger charge is -2.31. The van der Waals surface area contributed by atoms with Crippen LogP contribution in [0.5, 0.6) is 0 Å². The molecule has 0 saturated carbocycles. The molecule has 2 aromatic rings. The molecule has 134 valence electrons. The highest BCUT2D eigenvalue weighted by Gasteiger charge is 2.46. The highest BCUT2D eigenvalue weighted by molar-refractivity contribution is 5.95. The third kappa shape index (κ3) is 3.46. The summed E-state index contributed by atoms with van der Waals surface area (Å²) in [6.45, 7) is -0.0237. The van der Waals surface area contributed by atoms with Gasteiger partial charge in [-0.1, -0.05) is 30.3 Å². The van der Waals surface area contributed by atoms with E-state index in [4.69, 9.17) is 20.6 Å². The SMILES string of the molecule is N=C(N)c1ccc(NC(Cc2ccccc2)(C(=O)O)C2=COCO2)cc1. The molecule has 1 aliphatic rings. The van der Waals surface area contributed by atoms with E-state index in [0.717, 1.165) is 5.56 Å². The molecule has 0 spiro atoms. The molecule has 3 rings (SSSR count). The minimum Gasteiger partial charge on any atom is -0.479 e. The lowest BCUT2D eigenvalue weighted by molar-refractivity contribution is -0.142. The van der Waals surface area contributed by atoms with Gasteiger partial charge in [0.1, 0.15) is 12.1 Å². The molecule has 0 radical (unpaired) electrons. The normalized spacial score (nSPS) is 15.2. The van der Waals surface area contributed by atoms with Crippen molar-refractivity contribution >= 4 is 17.5 Å². The van der Waals surface area contributed by atoms with Crippen LogP contribution in [0.4, 0.5) is 5.69 Å². The first-order valence-corrected chi connectivity index (χ1v) is 7.96. The van der Waals surface area contributed by atoms with Gasteiger partial charge < -0.3 is 25.6 Å². The topological polar surface area (TPSA) is 118 Å². The number of benzene rings is 2. The summed E-state index contributed by atoms with van der Waals surface area (Å²) in [6.07, 6.45) is 1.49. The van der Waals surface area contributed by atoms with Crippen molar-refractivity contribution in [2.75, 3.05) is 12.1 Å². The summed E-state index contributed by atoms with van der Waals surface area (Å²) in [5.74, 6) is -0.946. The average Bonchev–Trinajstić information content (AvgIpc) is 3.17. The zero-order valence-electron chi connectivity index (χ0n) is 13.9. The molecule has 26 heavy (non-hydrogen) atoms. The number of carbonyl (C=O) groups is 1. The maximum Gasteiger partial charge on any atom is 0.337 e. The van der Waals surface area contributed by atoms with Gasteiger partial charge in [0.2, 0.25) is 12.3 Å². The van der Waals surface area contributed by atoms with Crippen LogP contribution in [0.1, 0.15) is 11.1 Å². The molecule has 1 unspecified atom stereocenters. The molecule has 0 fully saturated rings. The third-order valence-corrected chi connectivity index (χ3v) is 4.12. The van der Waals surface area contributed by atoms with Gasteiger partial charge >= 0.3 is 5.97 Å². The van der Waals surface area contributed by atoms with Gasteiger partial charge in [-0.05, 0) is 29.8 Å². The summed E-state index contributed by atoms with van der Waals surface area (Å²) in [5.41, 5.74) is 5.88. The Labute approximate surface area is 150 Å². The highest BCUT2D eigenvalue weighted by Crippen LogP contribution is 2.31. The quantitative estimate of drug-likeness (QED) is 0.448. The molecule has 0 aliphatic carbocycles. The Kier molecular flexibility index (Phi) is 4.79. The van der Waals surface area contributed by atoms with Crippen molar-refractivity contribution in [2.45, 2.75) is 12.0 Å². The largest absolute Gasteiger partial charge is 0.479 e. The predicted molar refractivity (Wildman–Crippen MR) is 96.7 cm³/mol. The fraction of sp³-hybridized carbons (Fsp3) is 0.158. The van der Waals surface area contributed by atoms with Crippen LogP contribution >= 0.6 is 0 Å². The maximum absolute atomic E-state index is 12.3. The second kappa shape index (κ2) is 7.18. The molecule has 1 atom stereocenters. The third-order valence-electron chi connectivity index (χ3n) is 4.12. The summed E-state index contributed by atoms with van der Waals surface area (Å²) in [4.78, 5) is 12.3. The summed E-state index contributed by atoms with van der Waals surface area (Å²) in [7, 11) is 0. The minimum absolute atomic E-state index is 0.0237. The average molecular weight is 353 g/mol. The highest BCUT2D eigenvalue weighted by atomic mass is 16.7. The van der Waals surface area contributed by atoms with Gasteiger partial charge in [-0.2, -0.15) is 0 Å². The zero-order chi connectivity index (χ0) is 18.6. The first kappa shape index (κ1) is 17.3. The molecule has 7 heteroatoms. The van der Waals surface area contributed by atoms with E-state index in [1.807, 2.05) is 30.3 Å². The van der Waals surface area contributed by atoms with Crippen LogP contribution < -0.4 is 11.1 Å². The van der Waals surface area contributed by atoms with Gasteiger partial charge in [-0.3, -0.25) is 5.41 Å². The molecular weight excluding hydrogens is 334 g/mol. The monoisotopic (exact) mass is 353 g/mol. The van der Waals surface area contributed by atoms with Crippen LogP contribution in [-0.4, -0.2) is 29.2 Å². The Morgan fingerprint density at radius 2 is 1.88 bits per heavy atom. The Bertz CT molecular complexity index is 834. The van der Waals surface area contributed by atoms with Crippen LogP contribution in [0.3, 0.4) is 0 Å². The number of rotatable bonds is 7. The summed E-state index contributed by atoms with van der Waals surface area (Å²) >= 11 is 0. The molecule has 0 saturated heterocycles. The van der Waals surface area contributed by atoms with Crippen molar-refractivity contribution in [3.63, 3.8) is 0 Å². The molecule has 2 aromatic carbocycles. The minimum atomic E-state index is -1.53. The fourth-order valence-corrected chi connectivity index (χ4v) is 2.77. The number of nitrogens with two attached hydrogens (primary N) is 1. The Hall–Kier alpha value is -3.48. The van der Waals surface area contributed by atoms with E-state index >= 15 is 0 Å². The van der Waals surface area contributed by atoms with Gasteiger partial charge in [0.15, 0.2) is 5.76 Å². The Balaban J connectivity index is 1.98. The van der Waals surface area contributed by atoms with E-state index in [-0.39, 0.29) is 24.8 Å². The lowest BCUT2D eigenvalue weighted by atomic mass is 9.88. The van der Waals surface area contributed by atoms with Crippen LogP contribution in [-0.2, 0) is 20.7 Å². The molecular formula is C19H19N3O4. The second-order valence-corrected chi connectivity index (χ2v) is 5.90. The van der Waals surface area contributed by atoms with Gasteiger partial charge in [0.05, 0.1) is 0 Å². The van der Waals surface area contributed by atoms with E-state index in [1.165, 1.54) is 6.26 Å². The van der Waals surface area contributed by atoms with Crippen molar-refractivity contribution in [3.05, 3.63) is 77.7 Å². The molecule has 0 amide bonds. The summed E-state index contributed by atoms with van der Waals surface area (Å²) < 4.78 is 10.5. The maximum atomic E-state index is 12.3. The second-order valence-electron chi connectivity index (χ2n) is 5.90.